The highest BCUT2D eigenvalue weighted by atomic mass is 32.1. The summed E-state index contributed by atoms with van der Waals surface area (Å²) in [6.45, 7) is 5.71. The number of thiophene rings is 2. The van der Waals surface area contributed by atoms with Gasteiger partial charge in [0, 0.05) is 19.2 Å². The molecule has 6 nitrogen and oxygen atoms in total. The lowest BCUT2D eigenvalue weighted by Gasteiger charge is -2.16. The van der Waals surface area contributed by atoms with E-state index in [4.69, 9.17) is 4.74 Å². The van der Waals surface area contributed by atoms with Crippen LogP contribution in [0.3, 0.4) is 0 Å². The lowest BCUT2D eigenvalue weighted by Crippen LogP contribution is -2.17. The molecule has 1 aliphatic carbocycles. The van der Waals surface area contributed by atoms with E-state index in [1.807, 2.05) is 57.2 Å². The van der Waals surface area contributed by atoms with Crippen molar-refractivity contribution in [3.8, 4) is 11.8 Å². The molecular weight excluding hydrogens is 500 g/mol. The standard InChI is InChI=1S/C26H22N2O4S3/c1-14-6-4-5-7-18(14)15(2)32-25(31)27-23-16(3)35-28-19(23)9-8-17-12-20-21(33-17)13-22(34-20)26(10-11-26)24(29)30/h4-7,12-13,15H,10-11H2,1-3H3,(H,27,31)(H,29,30). The van der Waals surface area contributed by atoms with E-state index in [0.29, 0.717) is 24.2 Å². The number of rotatable bonds is 5. The van der Waals surface area contributed by atoms with E-state index in [1.165, 1.54) is 34.2 Å². The average Bonchev–Trinajstić information content (AvgIpc) is 3.25. The van der Waals surface area contributed by atoms with Gasteiger partial charge in [-0.25, -0.2) is 4.79 Å². The first-order valence-corrected chi connectivity index (χ1v) is 13.5. The van der Waals surface area contributed by atoms with E-state index < -0.39 is 23.6 Å². The fraction of sp³-hybridized carbons (Fsp3) is 0.269. The highest BCUT2D eigenvalue weighted by Gasteiger charge is 2.53. The van der Waals surface area contributed by atoms with Crippen molar-refractivity contribution in [2.75, 3.05) is 5.32 Å². The zero-order valence-electron chi connectivity index (χ0n) is 19.3. The predicted molar refractivity (Wildman–Crippen MR) is 141 cm³/mol. The van der Waals surface area contributed by atoms with Gasteiger partial charge in [-0.2, -0.15) is 4.37 Å². The molecule has 0 aliphatic heterocycles. The molecule has 0 bridgehead atoms. The zero-order chi connectivity index (χ0) is 24.7. The van der Waals surface area contributed by atoms with Crippen molar-refractivity contribution in [1.29, 1.82) is 0 Å². The van der Waals surface area contributed by atoms with Crippen LogP contribution in [0, 0.1) is 25.7 Å². The molecule has 2 N–H and O–H groups in total. The van der Waals surface area contributed by atoms with Crippen LogP contribution in [0.15, 0.2) is 36.4 Å². The molecule has 35 heavy (non-hydrogen) atoms. The Labute approximate surface area is 214 Å². The highest BCUT2D eigenvalue weighted by Crippen LogP contribution is 2.52. The molecule has 1 saturated carbocycles. The van der Waals surface area contributed by atoms with Gasteiger partial charge in [-0.15, -0.1) is 22.7 Å². The summed E-state index contributed by atoms with van der Waals surface area (Å²) < 4.78 is 12.1. The number of hydrogen-bond donors (Lipinski definition) is 2. The zero-order valence-corrected chi connectivity index (χ0v) is 21.7. The summed E-state index contributed by atoms with van der Waals surface area (Å²) in [7, 11) is 0. The van der Waals surface area contributed by atoms with Gasteiger partial charge in [0.1, 0.15) is 11.5 Å². The maximum absolute atomic E-state index is 12.6. The minimum Gasteiger partial charge on any atom is -0.481 e. The Balaban J connectivity index is 1.30. The first-order chi connectivity index (χ1) is 16.8. The van der Waals surface area contributed by atoms with Crippen LogP contribution in [0.1, 0.15) is 57.3 Å². The Hall–Kier alpha value is -3.19. The Morgan fingerprint density at radius 2 is 1.89 bits per heavy atom. The Morgan fingerprint density at radius 3 is 2.57 bits per heavy atom. The van der Waals surface area contributed by atoms with Gasteiger partial charge in [-0.3, -0.25) is 10.1 Å². The second-order valence-electron chi connectivity index (χ2n) is 8.58. The summed E-state index contributed by atoms with van der Waals surface area (Å²) in [6, 6.07) is 11.8. The molecule has 0 saturated heterocycles. The monoisotopic (exact) mass is 522 g/mol. The van der Waals surface area contributed by atoms with E-state index in [9.17, 15) is 14.7 Å². The topological polar surface area (TPSA) is 88.5 Å². The third kappa shape index (κ3) is 4.57. The number of aromatic nitrogens is 1. The quantitative estimate of drug-likeness (QED) is 0.280. The van der Waals surface area contributed by atoms with Gasteiger partial charge in [0.2, 0.25) is 0 Å². The molecule has 1 aromatic carbocycles. The number of nitrogens with one attached hydrogen (secondary N) is 1. The minimum absolute atomic E-state index is 0.391. The molecule has 1 unspecified atom stereocenters. The third-order valence-electron chi connectivity index (χ3n) is 6.14. The molecular formula is C26H22N2O4S3. The van der Waals surface area contributed by atoms with Crippen LogP contribution >= 0.6 is 34.2 Å². The van der Waals surface area contributed by atoms with Crippen molar-refractivity contribution >= 4 is 61.4 Å². The van der Waals surface area contributed by atoms with Crippen molar-refractivity contribution in [2.45, 2.75) is 45.1 Å². The van der Waals surface area contributed by atoms with Gasteiger partial charge in [-0.1, -0.05) is 24.3 Å². The largest absolute Gasteiger partial charge is 0.481 e. The number of anilines is 1. The number of amides is 1. The van der Waals surface area contributed by atoms with Crippen LogP contribution in [0.5, 0.6) is 0 Å². The SMILES string of the molecule is Cc1ccccc1C(C)OC(=O)Nc1c(C#Cc2cc3sc(C4(C(=O)O)CC4)cc3s2)nsc1C. The molecule has 3 aromatic heterocycles. The molecule has 0 spiro atoms. The van der Waals surface area contributed by atoms with Gasteiger partial charge in [-0.05, 0) is 80.2 Å². The van der Waals surface area contributed by atoms with Crippen molar-refractivity contribution in [1.82, 2.24) is 4.37 Å². The number of carbonyl (C=O) groups excluding carboxylic acids is 1. The number of carboxylic acid groups (broad SMARTS) is 1. The fourth-order valence-corrected chi connectivity index (χ4v) is 7.04. The highest BCUT2D eigenvalue weighted by molar-refractivity contribution is 7.28. The second-order valence-corrected chi connectivity index (χ2v) is 11.7. The van der Waals surface area contributed by atoms with Crippen molar-refractivity contribution < 1.29 is 19.4 Å². The molecule has 1 fully saturated rings. The van der Waals surface area contributed by atoms with Gasteiger partial charge in [0.05, 0.1) is 10.6 Å². The molecule has 0 radical (unpaired) electrons. The number of carboxylic acids is 1. The van der Waals surface area contributed by atoms with E-state index >= 15 is 0 Å². The molecule has 1 atom stereocenters. The number of carbonyl (C=O) groups is 2. The molecule has 9 heteroatoms. The summed E-state index contributed by atoms with van der Waals surface area (Å²) in [4.78, 5) is 26.8. The summed E-state index contributed by atoms with van der Waals surface area (Å²) in [5.74, 6) is 5.48. The number of benzene rings is 1. The van der Waals surface area contributed by atoms with E-state index in [0.717, 1.165) is 35.2 Å². The van der Waals surface area contributed by atoms with Gasteiger partial charge >= 0.3 is 12.1 Å². The van der Waals surface area contributed by atoms with Gasteiger partial charge in [0.15, 0.2) is 5.69 Å². The predicted octanol–water partition coefficient (Wildman–Crippen LogP) is 6.86. The van der Waals surface area contributed by atoms with Gasteiger partial charge in [0.25, 0.3) is 0 Å². The number of fused-ring (bicyclic) bond motifs is 1. The molecule has 1 aliphatic rings. The van der Waals surface area contributed by atoms with Crippen LogP contribution < -0.4 is 5.32 Å². The lowest BCUT2D eigenvalue weighted by molar-refractivity contribution is -0.139. The van der Waals surface area contributed by atoms with Crippen LogP contribution in [0.25, 0.3) is 9.40 Å². The average molecular weight is 523 g/mol. The van der Waals surface area contributed by atoms with Crippen LogP contribution in [0.2, 0.25) is 0 Å². The van der Waals surface area contributed by atoms with E-state index in [2.05, 4.69) is 21.5 Å². The first-order valence-electron chi connectivity index (χ1n) is 11.1. The van der Waals surface area contributed by atoms with E-state index in [1.54, 1.807) is 0 Å². The summed E-state index contributed by atoms with van der Waals surface area (Å²) in [5, 5.41) is 12.3. The number of ether oxygens (including phenoxy) is 1. The van der Waals surface area contributed by atoms with Crippen molar-refractivity contribution in [3.63, 3.8) is 0 Å². The lowest BCUT2D eigenvalue weighted by atomic mass is 10.1. The number of hydrogen-bond acceptors (Lipinski definition) is 7. The molecule has 3 heterocycles. The first kappa shape index (κ1) is 23.5. The van der Waals surface area contributed by atoms with Crippen LogP contribution in [-0.4, -0.2) is 21.5 Å². The van der Waals surface area contributed by atoms with Gasteiger partial charge < -0.3 is 9.84 Å². The smallest absolute Gasteiger partial charge is 0.412 e. The fourth-order valence-electron chi connectivity index (χ4n) is 3.95. The Morgan fingerprint density at radius 1 is 1.14 bits per heavy atom. The third-order valence-corrected chi connectivity index (χ3v) is 9.31. The van der Waals surface area contributed by atoms with Crippen molar-refractivity contribution in [3.05, 3.63) is 67.9 Å². The Bertz CT molecular complexity index is 1480. The molecule has 5 rings (SSSR count). The maximum atomic E-state index is 12.6. The van der Waals surface area contributed by atoms with E-state index in [-0.39, 0.29) is 0 Å². The number of aliphatic carboxylic acids is 1. The maximum Gasteiger partial charge on any atom is 0.412 e. The summed E-state index contributed by atoms with van der Waals surface area (Å²) >= 11 is 4.34. The summed E-state index contributed by atoms with van der Waals surface area (Å²) in [5.41, 5.74) is 2.39. The Kier molecular flexibility index (Phi) is 6.13. The molecule has 178 valence electrons. The van der Waals surface area contributed by atoms with Crippen LogP contribution in [-0.2, 0) is 14.9 Å². The normalized spacial score (nSPS) is 14.7. The summed E-state index contributed by atoms with van der Waals surface area (Å²) in [6.07, 6.45) is 0.461. The number of aryl methyl sites for hydroxylation is 2. The molecule has 1 amide bonds. The minimum atomic E-state index is -0.739. The molecule has 4 aromatic rings. The van der Waals surface area contributed by atoms with Crippen LogP contribution in [0.4, 0.5) is 10.5 Å². The van der Waals surface area contributed by atoms with Crippen molar-refractivity contribution in [2.24, 2.45) is 0 Å². The second kappa shape index (κ2) is 9.11. The number of nitrogens with zero attached hydrogens (tertiary/aromatic N) is 1.